The first kappa shape index (κ1) is 13.7. The van der Waals surface area contributed by atoms with E-state index in [0.29, 0.717) is 18.0 Å². The number of rotatable bonds is 4. The molecule has 94 valence electrons. The lowest BCUT2D eigenvalue weighted by Crippen LogP contribution is -2.20. The summed E-state index contributed by atoms with van der Waals surface area (Å²) >= 11 is 3.78. The van der Waals surface area contributed by atoms with Gasteiger partial charge in [0.2, 0.25) is 0 Å². The van der Waals surface area contributed by atoms with Crippen LogP contribution in [0.15, 0.2) is 12.1 Å². The maximum atomic E-state index is 11.1. The van der Waals surface area contributed by atoms with Crippen molar-refractivity contribution in [3.8, 4) is 11.5 Å². The Bertz CT molecular complexity index is 420. The van der Waals surface area contributed by atoms with Gasteiger partial charge in [0.15, 0.2) is 11.5 Å². The Hall–Kier alpha value is -1.36. The van der Waals surface area contributed by atoms with E-state index in [1.807, 2.05) is 19.1 Å². The van der Waals surface area contributed by atoms with E-state index < -0.39 is 0 Å². The number of carbonyl (C=O) groups is 1. The van der Waals surface area contributed by atoms with Crippen LogP contribution in [0.5, 0.6) is 11.5 Å². The zero-order valence-corrected chi connectivity index (χ0v) is 11.4. The second-order valence-electron chi connectivity index (χ2n) is 3.77. The van der Waals surface area contributed by atoms with Gasteiger partial charge in [-0.1, -0.05) is 12.6 Å². The molecule has 0 aliphatic rings. The molecule has 0 radical (unpaired) electrons. The highest BCUT2D eigenvalue weighted by atomic mass is 32.1. The third-order valence-electron chi connectivity index (χ3n) is 2.58. The van der Waals surface area contributed by atoms with Gasteiger partial charge < -0.3 is 14.4 Å². The van der Waals surface area contributed by atoms with Crippen LogP contribution in [0.2, 0.25) is 0 Å². The van der Waals surface area contributed by atoms with Gasteiger partial charge in [-0.05, 0) is 30.2 Å². The molecule has 0 aromatic heterocycles. The quantitative estimate of drug-likeness (QED) is 0.840. The Labute approximate surface area is 107 Å². The minimum atomic E-state index is -0.265. The summed E-state index contributed by atoms with van der Waals surface area (Å²) < 4.78 is 10.4. The Morgan fingerprint density at radius 2 is 1.82 bits per heavy atom. The predicted molar refractivity (Wildman–Crippen MR) is 70.1 cm³/mol. The molecule has 0 aliphatic heterocycles. The molecule has 0 saturated carbocycles. The molecule has 0 heterocycles. The monoisotopic (exact) mass is 255 g/mol. The van der Waals surface area contributed by atoms with E-state index >= 15 is 0 Å². The molecule has 5 heteroatoms. The predicted octanol–water partition coefficient (Wildman–Crippen LogP) is 2.49. The minimum absolute atomic E-state index is 0.265. The van der Waals surface area contributed by atoms with E-state index in [1.54, 1.807) is 21.3 Å². The molecule has 17 heavy (non-hydrogen) atoms. The van der Waals surface area contributed by atoms with E-state index in [9.17, 15) is 4.79 Å². The highest BCUT2D eigenvalue weighted by Gasteiger charge is 2.11. The molecule has 1 aromatic carbocycles. The van der Waals surface area contributed by atoms with Gasteiger partial charge in [-0.15, -0.1) is 0 Å². The van der Waals surface area contributed by atoms with Crippen LogP contribution in [-0.4, -0.2) is 31.4 Å². The average Bonchev–Trinajstić information content (AvgIpc) is 2.30. The first-order valence-electron chi connectivity index (χ1n) is 5.15. The molecule has 0 bridgehead atoms. The van der Waals surface area contributed by atoms with E-state index in [4.69, 9.17) is 9.47 Å². The highest BCUT2D eigenvalue weighted by Crippen LogP contribution is 2.30. The first-order valence-corrected chi connectivity index (χ1v) is 5.59. The Kier molecular flexibility index (Phi) is 4.69. The summed E-state index contributed by atoms with van der Waals surface area (Å²) in [4.78, 5) is 12.6. The molecule has 0 unspecified atom stereocenters. The van der Waals surface area contributed by atoms with E-state index in [-0.39, 0.29) is 5.24 Å². The van der Waals surface area contributed by atoms with Gasteiger partial charge >= 0.3 is 0 Å². The molecular weight excluding hydrogens is 238 g/mol. The standard InChI is InChI=1S/C12H17NO3S/c1-8-5-10(15-3)11(16-4)6-9(8)7-13(2)12(14)17/h5-6H,7H2,1-4H3,(H,14,17). The van der Waals surface area contributed by atoms with E-state index in [0.717, 1.165) is 11.1 Å². The van der Waals surface area contributed by atoms with Gasteiger partial charge in [0.05, 0.1) is 14.2 Å². The number of carbonyl (C=O) groups excluding carboxylic acids is 1. The Morgan fingerprint density at radius 1 is 1.29 bits per heavy atom. The van der Waals surface area contributed by atoms with Gasteiger partial charge in [0.1, 0.15) is 0 Å². The fourth-order valence-electron chi connectivity index (χ4n) is 1.52. The molecule has 0 spiro atoms. The maximum Gasteiger partial charge on any atom is 0.278 e. The number of hydrogen-bond donors (Lipinski definition) is 1. The summed E-state index contributed by atoms with van der Waals surface area (Å²) in [5.41, 5.74) is 2.05. The number of hydrogen-bond acceptors (Lipinski definition) is 3. The van der Waals surface area contributed by atoms with Crippen molar-refractivity contribution in [1.82, 2.24) is 4.90 Å². The Morgan fingerprint density at radius 3 is 2.29 bits per heavy atom. The third kappa shape index (κ3) is 3.30. The number of methoxy groups -OCH3 is 2. The fourth-order valence-corrected chi connectivity index (χ4v) is 1.59. The van der Waals surface area contributed by atoms with Crippen molar-refractivity contribution in [1.29, 1.82) is 0 Å². The van der Waals surface area contributed by atoms with E-state index in [2.05, 4.69) is 12.6 Å². The lowest BCUT2D eigenvalue weighted by molar-refractivity contribution is 0.232. The van der Waals surface area contributed by atoms with Gasteiger partial charge in [-0.3, -0.25) is 4.79 Å². The van der Waals surface area contributed by atoms with Gasteiger partial charge in [-0.25, -0.2) is 0 Å². The Balaban J connectivity index is 3.04. The van der Waals surface area contributed by atoms with Crippen LogP contribution in [0.25, 0.3) is 0 Å². The average molecular weight is 255 g/mol. The smallest absolute Gasteiger partial charge is 0.278 e. The first-order chi connectivity index (χ1) is 7.99. The molecule has 0 fully saturated rings. The maximum absolute atomic E-state index is 11.1. The molecule has 0 N–H and O–H groups in total. The summed E-state index contributed by atoms with van der Waals surface area (Å²) in [5, 5.41) is -0.265. The number of ether oxygens (including phenoxy) is 2. The number of aryl methyl sites for hydroxylation is 1. The molecule has 0 saturated heterocycles. The van der Waals surface area contributed by atoms with Crippen LogP contribution >= 0.6 is 12.6 Å². The zero-order chi connectivity index (χ0) is 13.0. The van der Waals surface area contributed by atoms with Crippen molar-refractivity contribution in [3.05, 3.63) is 23.3 Å². The molecule has 1 rings (SSSR count). The van der Waals surface area contributed by atoms with Gasteiger partial charge in [-0.2, -0.15) is 0 Å². The third-order valence-corrected chi connectivity index (χ3v) is 2.92. The molecular formula is C12H17NO3S. The highest BCUT2D eigenvalue weighted by molar-refractivity contribution is 7.96. The van der Waals surface area contributed by atoms with Crippen molar-refractivity contribution in [2.24, 2.45) is 0 Å². The van der Waals surface area contributed by atoms with Crippen LogP contribution in [-0.2, 0) is 6.54 Å². The summed E-state index contributed by atoms with van der Waals surface area (Å²) in [5.74, 6) is 1.35. The van der Waals surface area contributed by atoms with E-state index in [1.165, 1.54) is 4.90 Å². The topological polar surface area (TPSA) is 38.8 Å². The summed E-state index contributed by atoms with van der Waals surface area (Å²) in [6.45, 7) is 2.46. The SMILES string of the molecule is COc1cc(C)c(CN(C)C(=O)S)cc1OC. The minimum Gasteiger partial charge on any atom is -0.493 e. The fraction of sp³-hybridized carbons (Fsp3) is 0.417. The summed E-state index contributed by atoms with van der Waals surface area (Å²) in [6.07, 6.45) is 0. The van der Waals surface area contributed by atoms with Crippen LogP contribution in [0, 0.1) is 6.92 Å². The van der Waals surface area contributed by atoms with Crippen molar-refractivity contribution in [2.75, 3.05) is 21.3 Å². The molecule has 1 aromatic rings. The number of amides is 1. The number of thiol groups is 1. The van der Waals surface area contributed by atoms with Crippen molar-refractivity contribution in [2.45, 2.75) is 13.5 Å². The lowest BCUT2D eigenvalue weighted by atomic mass is 10.1. The number of nitrogens with zero attached hydrogens (tertiary/aromatic N) is 1. The molecule has 1 amide bonds. The van der Waals surface area contributed by atoms with Gasteiger partial charge in [0, 0.05) is 13.6 Å². The second kappa shape index (κ2) is 5.82. The van der Waals surface area contributed by atoms with Crippen molar-refractivity contribution >= 4 is 17.9 Å². The zero-order valence-electron chi connectivity index (χ0n) is 10.5. The van der Waals surface area contributed by atoms with Crippen molar-refractivity contribution < 1.29 is 14.3 Å². The van der Waals surface area contributed by atoms with Crippen molar-refractivity contribution in [3.63, 3.8) is 0 Å². The second-order valence-corrected chi connectivity index (χ2v) is 4.15. The molecule has 0 aliphatic carbocycles. The number of benzene rings is 1. The summed E-state index contributed by atoms with van der Waals surface area (Å²) in [6, 6.07) is 3.77. The van der Waals surface area contributed by atoms with Crippen LogP contribution in [0.1, 0.15) is 11.1 Å². The van der Waals surface area contributed by atoms with Crippen LogP contribution in [0.4, 0.5) is 4.79 Å². The summed E-state index contributed by atoms with van der Waals surface area (Å²) in [7, 11) is 4.89. The molecule has 4 nitrogen and oxygen atoms in total. The molecule has 0 atom stereocenters. The normalized spacial score (nSPS) is 9.94. The largest absolute Gasteiger partial charge is 0.493 e. The van der Waals surface area contributed by atoms with Crippen LogP contribution < -0.4 is 9.47 Å². The van der Waals surface area contributed by atoms with Gasteiger partial charge in [0.25, 0.3) is 5.24 Å². The van der Waals surface area contributed by atoms with Crippen LogP contribution in [0.3, 0.4) is 0 Å². The lowest BCUT2D eigenvalue weighted by Gasteiger charge is -2.17.